The summed E-state index contributed by atoms with van der Waals surface area (Å²) in [6, 6.07) is 6.48. The smallest absolute Gasteiger partial charge is 0.194 e. The van der Waals surface area contributed by atoms with Gasteiger partial charge in [0.2, 0.25) is 0 Å². The molecule has 0 aliphatic carbocycles. The molecule has 3 heterocycles. The maximum atomic E-state index is 14.6. The second-order valence-electron chi connectivity index (χ2n) is 7.50. The van der Waals surface area contributed by atoms with E-state index < -0.39 is 23.3 Å². The van der Waals surface area contributed by atoms with Crippen LogP contribution < -0.4 is 0 Å². The molecule has 0 unspecified atom stereocenters. The first-order chi connectivity index (χ1) is 16.3. The number of rotatable bonds is 5. The number of halogens is 4. The van der Waals surface area contributed by atoms with E-state index in [0.29, 0.717) is 21.1 Å². The molecule has 5 aromatic rings. The zero-order valence-corrected chi connectivity index (χ0v) is 18.6. The van der Waals surface area contributed by atoms with Gasteiger partial charge in [0.1, 0.15) is 30.0 Å². The van der Waals surface area contributed by atoms with Crippen molar-refractivity contribution in [1.82, 2.24) is 34.5 Å². The number of thiazole rings is 1. The predicted molar refractivity (Wildman–Crippen MR) is 116 cm³/mol. The van der Waals surface area contributed by atoms with Crippen LogP contribution in [0.2, 0.25) is 0 Å². The summed E-state index contributed by atoms with van der Waals surface area (Å²) in [7, 11) is 0. The summed E-state index contributed by atoms with van der Waals surface area (Å²) in [5.41, 5.74) is 1.54. The van der Waals surface area contributed by atoms with Crippen molar-refractivity contribution < 1.29 is 17.6 Å². The summed E-state index contributed by atoms with van der Waals surface area (Å²) in [5.74, 6) is -4.25. The monoisotopic (exact) mass is 485 g/mol. The van der Waals surface area contributed by atoms with Gasteiger partial charge in [-0.2, -0.15) is 5.10 Å². The molecule has 0 aliphatic heterocycles. The number of hydrogen-bond donors (Lipinski definition) is 0. The molecule has 34 heavy (non-hydrogen) atoms. The molecule has 0 radical (unpaired) electrons. The van der Waals surface area contributed by atoms with Gasteiger partial charge in [-0.05, 0) is 31.5 Å². The zero-order valence-electron chi connectivity index (χ0n) is 17.8. The summed E-state index contributed by atoms with van der Waals surface area (Å²) in [6.07, 6.45) is 2.81. The van der Waals surface area contributed by atoms with Crippen molar-refractivity contribution in [3.05, 3.63) is 83.3 Å². The lowest BCUT2D eigenvalue weighted by atomic mass is 10.1. The van der Waals surface area contributed by atoms with Crippen molar-refractivity contribution in [2.45, 2.75) is 20.4 Å². The van der Waals surface area contributed by atoms with Gasteiger partial charge in [0.25, 0.3) is 0 Å². The average Bonchev–Trinajstić information content (AvgIpc) is 3.52. The van der Waals surface area contributed by atoms with E-state index >= 15 is 0 Å². The Kier molecular flexibility index (Phi) is 5.44. The highest BCUT2D eigenvalue weighted by Gasteiger charge is 2.23. The fraction of sp³-hybridized carbons (Fsp3) is 0.136. The largest absolute Gasteiger partial charge is 0.245 e. The lowest BCUT2D eigenvalue weighted by molar-refractivity contribution is 0.446. The van der Waals surface area contributed by atoms with Crippen LogP contribution >= 0.6 is 11.3 Å². The van der Waals surface area contributed by atoms with E-state index in [-0.39, 0.29) is 23.9 Å². The first kappa shape index (κ1) is 21.9. The fourth-order valence-corrected chi connectivity index (χ4v) is 4.45. The maximum absolute atomic E-state index is 14.6. The van der Waals surface area contributed by atoms with Crippen molar-refractivity contribution >= 4 is 11.3 Å². The van der Waals surface area contributed by atoms with Gasteiger partial charge >= 0.3 is 0 Å². The summed E-state index contributed by atoms with van der Waals surface area (Å²) >= 11 is 1.16. The maximum Gasteiger partial charge on any atom is 0.194 e. The molecule has 0 bridgehead atoms. The Hall–Kier alpha value is -3.93. The highest BCUT2D eigenvalue weighted by molar-refractivity contribution is 7.18. The van der Waals surface area contributed by atoms with Crippen molar-refractivity contribution in [2.75, 3.05) is 0 Å². The third-order valence-electron chi connectivity index (χ3n) is 4.99. The molecule has 0 fully saturated rings. The van der Waals surface area contributed by atoms with Gasteiger partial charge < -0.3 is 0 Å². The Morgan fingerprint density at radius 3 is 2.38 bits per heavy atom. The average molecular weight is 485 g/mol. The molecule has 3 aromatic heterocycles. The second-order valence-corrected chi connectivity index (χ2v) is 8.50. The number of hydrogen-bond acceptors (Lipinski definition) is 6. The Morgan fingerprint density at radius 2 is 1.71 bits per heavy atom. The molecule has 5 rings (SSSR count). The van der Waals surface area contributed by atoms with Crippen molar-refractivity contribution in [1.29, 1.82) is 0 Å². The molecule has 0 spiro atoms. The lowest BCUT2D eigenvalue weighted by Gasteiger charge is -2.06. The molecule has 172 valence electrons. The molecule has 7 nitrogen and oxygen atoms in total. The molecule has 2 aromatic carbocycles. The van der Waals surface area contributed by atoms with Gasteiger partial charge in [-0.15, -0.1) is 16.4 Å². The van der Waals surface area contributed by atoms with E-state index in [0.717, 1.165) is 29.0 Å². The van der Waals surface area contributed by atoms with Crippen molar-refractivity contribution in [2.24, 2.45) is 0 Å². The minimum absolute atomic E-state index is 0.0698. The van der Waals surface area contributed by atoms with Gasteiger partial charge in [0.05, 0.1) is 16.3 Å². The SMILES string of the molecule is Cc1ccc(-c2nc(C)c(-c3nc(Cn4cncn4)nn3-c3cc(F)c(F)c(F)c3)s2)c(F)c1. The number of benzene rings is 2. The van der Waals surface area contributed by atoms with Crippen molar-refractivity contribution in [3.63, 3.8) is 0 Å². The van der Waals surface area contributed by atoms with Crippen LogP contribution in [0.3, 0.4) is 0 Å². The van der Waals surface area contributed by atoms with Gasteiger partial charge in [0.15, 0.2) is 29.1 Å². The zero-order chi connectivity index (χ0) is 24.0. The van der Waals surface area contributed by atoms with E-state index in [4.69, 9.17) is 0 Å². The number of aromatic nitrogens is 7. The topological polar surface area (TPSA) is 74.3 Å². The number of nitrogens with zero attached hydrogens (tertiary/aromatic N) is 7. The van der Waals surface area contributed by atoms with Crippen LogP contribution in [0.15, 0.2) is 43.0 Å². The molecule has 0 amide bonds. The summed E-state index contributed by atoms with van der Waals surface area (Å²) in [4.78, 5) is 13.4. The molecule has 12 heteroatoms. The van der Waals surface area contributed by atoms with Gasteiger partial charge in [-0.1, -0.05) is 6.07 Å². The fourth-order valence-electron chi connectivity index (χ4n) is 3.39. The van der Waals surface area contributed by atoms with E-state index in [1.165, 1.54) is 28.1 Å². The minimum atomic E-state index is -1.58. The Morgan fingerprint density at radius 1 is 0.941 bits per heavy atom. The molecule has 0 N–H and O–H groups in total. The lowest BCUT2D eigenvalue weighted by Crippen LogP contribution is -2.05. The molecular weight excluding hydrogens is 470 g/mol. The van der Waals surface area contributed by atoms with Crippen LogP contribution in [0.25, 0.3) is 27.0 Å². The van der Waals surface area contributed by atoms with E-state index in [1.54, 1.807) is 26.0 Å². The Labute approximate surface area is 194 Å². The molecule has 0 saturated heterocycles. The second kappa shape index (κ2) is 8.45. The molecule has 0 saturated carbocycles. The van der Waals surface area contributed by atoms with Gasteiger partial charge in [0, 0.05) is 17.7 Å². The van der Waals surface area contributed by atoms with Crippen LogP contribution in [-0.2, 0) is 6.54 Å². The third-order valence-corrected chi connectivity index (χ3v) is 6.18. The normalized spacial score (nSPS) is 11.4. The van der Waals surface area contributed by atoms with Crippen LogP contribution in [-0.4, -0.2) is 34.5 Å². The third kappa shape index (κ3) is 3.96. The quantitative estimate of drug-likeness (QED) is 0.262. The van der Waals surface area contributed by atoms with E-state index in [9.17, 15) is 17.6 Å². The predicted octanol–water partition coefficient (Wildman–Crippen LogP) is 4.87. The number of aryl methyl sites for hydroxylation is 2. The van der Waals surface area contributed by atoms with Crippen LogP contribution in [0, 0.1) is 37.1 Å². The van der Waals surface area contributed by atoms with Gasteiger partial charge in [-0.25, -0.2) is 41.9 Å². The first-order valence-corrected chi connectivity index (χ1v) is 10.8. The summed E-state index contributed by atoms with van der Waals surface area (Å²) < 4.78 is 58.8. The van der Waals surface area contributed by atoms with Crippen molar-refractivity contribution in [3.8, 4) is 27.0 Å². The summed E-state index contributed by atoms with van der Waals surface area (Å²) in [5, 5.41) is 8.78. The standard InChI is InChI=1S/C22H15F4N7S/c1-11-3-4-14(15(23)5-11)22-29-12(2)20(34-22)21-30-18(8-32-10-27-9-28-32)31-33(21)13-6-16(24)19(26)17(25)7-13/h3-7,9-10H,8H2,1-2H3. The molecule has 0 atom stereocenters. The van der Waals surface area contributed by atoms with E-state index in [1.807, 2.05) is 0 Å². The minimum Gasteiger partial charge on any atom is -0.245 e. The van der Waals surface area contributed by atoms with Crippen LogP contribution in [0.1, 0.15) is 17.1 Å². The molecular formula is C22H15F4N7S. The highest BCUT2D eigenvalue weighted by atomic mass is 32.1. The van der Waals surface area contributed by atoms with Crippen LogP contribution in [0.4, 0.5) is 17.6 Å². The van der Waals surface area contributed by atoms with Crippen LogP contribution in [0.5, 0.6) is 0 Å². The summed E-state index contributed by atoms with van der Waals surface area (Å²) in [6.45, 7) is 3.62. The van der Waals surface area contributed by atoms with E-state index in [2.05, 4.69) is 25.1 Å². The highest BCUT2D eigenvalue weighted by Crippen LogP contribution is 2.36. The Bertz CT molecular complexity index is 1480. The first-order valence-electron chi connectivity index (χ1n) is 9.97. The van der Waals surface area contributed by atoms with Gasteiger partial charge in [-0.3, -0.25) is 0 Å². The molecule has 0 aliphatic rings. The Balaban J connectivity index is 1.66.